The summed E-state index contributed by atoms with van der Waals surface area (Å²) in [6, 6.07) is 0. The molecule has 3 saturated carbocycles. The van der Waals surface area contributed by atoms with E-state index in [0.717, 1.165) is 44.9 Å². The molecule has 0 aromatic heterocycles. The quantitative estimate of drug-likeness (QED) is 0.408. The number of aliphatic hydroxyl groups is 1. The Balaban J connectivity index is 0.00000225. The SMILES string of the molecule is CC[C@@]1(OS(=O)(=O)O)CCC2C3CC=C4CC(O)CC[C@]4(C)C3CC[C@@]21C.[Na+]. The molecular weight excluding hydrogens is 387 g/mol. The Morgan fingerprint density at radius 2 is 1.82 bits per heavy atom. The van der Waals surface area contributed by atoms with Crippen molar-refractivity contribution in [1.29, 1.82) is 0 Å². The number of fused-ring (bicyclic) bond motifs is 5. The summed E-state index contributed by atoms with van der Waals surface area (Å²) in [6.07, 6.45) is 10.2. The molecule has 0 spiro atoms. The fourth-order valence-corrected chi connectivity index (χ4v) is 8.51. The van der Waals surface area contributed by atoms with E-state index in [-0.39, 0.29) is 46.5 Å². The van der Waals surface area contributed by atoms with E-state index in [0.29, 0.717) is 30.6 Å². The zero-order valence-electron chi connectivity index (χ0n) is 17.8. The first-order chi connectivity index (χ1) is 12.5. The maximum Gasteiger partial charge on any atom is 1.00 e. The Hall–Kier alpha value is 0.570. The van der Waals surface area contributed by atoms with Gasteiger partial charge in [-0.15, -0.1) is 0 Å². The van der Waals surface area contributed by atoms with Crippen LogP contribution in [0.25, 0.3) is 0 Å². The minimum absolute atomic E-state index is 0. The average Bonchev–Trinajstić information content (AvgIpc) is 2.87. The fraction of sp³-hybridized carbons (Fsp3) is 0.905. The van der Waals surface area contributed by atoms with Gasteiger partial charge in [-0.2, -0.15) is 8.42 Å². The van der Waals surface area contributed by atoms with E-state index in [4.69, 9.17) is 4.18 Å². The van der Waals surface area contributed by atoms with Crippen molar-refractivity contribution in [2.24, 2.45) is 28.6 Å². The van der Waals surface area contributed by atoms with Crippen molar-refractivity contribution in [2.45, 2.75) is 90.3 Å². The molecule has 2 N–H and O–H groups in total. The maximum atomic E-state index is 11.6. The molecule has 0 radical (unpaired) electrons. The summed E-state index contributed by atoms with van der Waals surface area (Å²) in [5.74, 6) is 1.55. The van der Waals surface area contributed by atoms with Gasteiger partial charge in [0.1, 0.15) is 0 Å². The van der Waals surface area contributed by atoms with E-state index in [2.05, 4.69) is 19.9 Å². The van der Waals surface area contributed by atoms with Gasteiger partial charge in [0.2, 0.25) is 0 Å². The zero-order chi connectivity index (χ0) is 19.7. The second kappa shape index (κ2) is 7.61. The van der Waals surface area contributed by atoms with Gasteiger partial charge in [-0.3, -0.25) is 4.55 Å². The first kappa shape index (κ1) is 23.2. The predicted octanol–water partition coefficient (Wildman–Crippen LogP) is 1.28. The van der Waals surface area contributed by atoms with Crippen LogP contribution in [0.2, 0.25) is 0 Å². The number of aliphatic hydroxyl groups excluding tert-OH is 1. The topological polar surface area (TPSA) is 83.8 Å². The summed E-state index contributed by atoms with van der Waals surface area (Å²) in [7, 11) is -4.47. The van der Waals surface area contributed by atoms with E-state index in [1.54, 1.807) is 0 Å². The van der Waals surface area contributed by atoms with Gasteiger partial charge in [-0.1, -0.05) is 32.4 Å². The summed E-state index contributed by atoms with van der Waals surface area (Å²) in [5, 5.41) is 10.1. The minimum Gasteiger partial charge on any atom is -0.393 e. The normalized spacial score (nSPS) is 48.0. The molecule has 5 nitrogen and oxygen atoms in total. The molecule has 0 heterocycles. The molecule has 0 bridgehead atoms. The minimum atomic E-state index is -4.47. The molecule has 3 fully saturated rings. The van der Waals surface area contributed by atoms with Gasteiger partial charge in [0.25, 0.3) is 0 Å². The van der Waals surface area contributed by atoms with E-state index < -0.39 is 16.0 Å². The Bertz CT molecular complexity index is 752. The fourth-order valence-electron chi connectivity index (χ4n) is 7.71. The first-order valence-corrected chi connectivity index (χ1v) is 12.0. The molecule has 28 heavy (non-hydrogen) atoms. The molecule has 0 amide bonds. The standard InChI is InChI=1S/C21H34O5S.Na/c1-4-21(26-27(23,24)25)12-9-18-16-6-5-14-13-15(22)7-10-19(14,2)17(16)8-11-20(18,21)3;/h5,15-18,22H,4,6-13H2,1-3H3,(H,23,24,25);/q;+1/t15?,16?,17?,18?,19-,20-,21+;/m0./s1. The van der Waals surface area contributed by atoms with Gasteiger partial charge in [0.05, 0.1) is 11.7 Å². The van der Waals surface area contributed by atoms with Crippen molar-refractivity contribution < 1.29 is 51.8 Å². The monoisotopic (exact) mass is 421 g/mol. The van der Waals surface area contributed by atoms with Crippen LogP contribution >= 0.6 is 0 Å². The number of hydrogen-bond acceptors (Lipinski definition) is 4. The predicted molar refractivity (Wildman–Crippen MR) is 103 cm³/mol. The number of hydrogen-bond donors (Lipinski definition) is 2. The molecule has 0 aliphatic heterocycles. The second-order valence-electron chi connectivity index (χ2n) is 10.0. The molecule has 4 unspecified atom stereocenters. The maximum absolute atomic E-state index is 11.6. The van der Waals surface area contributed by atoms with Crippen LogP contribution in [0.3, 0.4) is 0 Å². The molecule has 154 valence electrons. The zero-order valence-corrected chi connectivity index (χ0v) is 20.6. The third kappa shape index (κ3) is 3.39. The summed E-state index contributed by atoms with van der Waals surface area (Å²) in [5.41, 5.74) is 0.601. The van der Waals surface area contributed by atoms with Crippen molar-refractivity contribution in [3.8, 4) is 0 Å². The largest absolute Gasteiger partial charge is 1.00 e. The van der Waals surface area contributed by atoms with Crippen LogP contribution in [0.1, 0.15) is 78.6 Å². The summed E-state index contributed by atoms with van der Waals surface area (Å²) in [4.78, 5) is 0. The van der Waals surface area contributed by atoms with E-state index in [9.17, 15) is 18.1 Å². The molecule has 4 rings (SSSR count). The third-order valence-electron chi connectivity index (χ3n) is 9.20. The summed E-state index contributed by atoms with van der Waals surface area (Å²) < 4.78 is 38.1. The van der Waals surface area contributed by atoms with E-state index in [1.807, 2.05) is 6.92 Å². The summed E-state index contributed by atoms with van der Waals surface area (Å²) >= 11 is 0. The van der Waals surface area contributed by atoms with Gasteiger partial charge in [-0.05, 0) is 81.0 Å². The first-order valence-electron chi connectivity index (χ1n) is 10.6. The third-order valence-corrected chi connectivity index (χ3v) is 9.73. The number of rotatable bonds is 3. The van der Waals surface area contributed by atoms with E-state index >= 15 is 0 Å². The van der Waals surface area contributed by atoms with Gasteiger partial charge in [-0.25, -0.2) is 4.18 Å². The van der Waals surface area contributed by atoms with Crippen molar-refractivity contribution in [3.05, 3.63) is 11.6 Å². The van der Waals surface area contributed by atoms with Crippen LogP contribution in [-0.4, -0.2) is 29.8 Å². The molecule has 7 heteroatoms. The van der Waals surface area contributed by atoms with Crippen LogP contribution in [0.4, 0.5) is 0 Å². The van der Waals surface area contributed by atoms with Gasteiger partial charge in [0.15, 0.2) is 0 Å². The Morgan fingerprint density at radius 3 is 2.46 bits per heavy atom. The van der Waals surface area contributed by atoms with Crippen molar-refractivity contribution in [1.82, 2.24) is 0 Å². The van der Waals surface area contributed by atoms with Crippen molar-refractivity contribution in [2.75, 3.05) is 0 Å². The molecule has 4 aliphatic carbocycles. The van der Waals surface area contributed by atoms with Gasteiger partial charge < -0.3 is 5.11 Å². The molecule has 4 aliphatic rings. The van der Waals surface area contributed by atoms with Crippen LogP contribution in [-0.2, 0) is 14.6 Å². The van der Waals surface area contributed by atoms with Gasteiger partial charge in [0, 0.05) is 5.41 Å². The Labute approximate surface area is 191 Å². The van der Waals surface area contributed by atoms with E-state index in [1.165, 1.54) is 5.57 Å². The molecular formula is C21H34NaO5S+. The molecule has 0 aromatic rings. The average molecular weight is 422 g/mol. The molecule has 0 aromatic carbocycles. The van der Waals surface area contributed by atoms with Crippen molar-refractivity contribution in [3.63, 3.8) is 0 Å². The van der Waals surface area contributed by atoms with Crippen LogP contribution in [0.15, 0.2) is 11.6 Å². The Morgan fingerprint density at radius 1 is 1.14 bits per heavy atom. The summed E-state index contributed by atoms with van der Waals surface area (Å²) in [6.45, 7) is 6.57. The molecule has 0 saturated heterocycles. The van der Waals surface area contributed by atoms with Crippen LogP contribution in [0, 0.1) is 28.6 Å². The number of allylic oxidation sites excluding steroid dienone is 1. The van der Waals surface area contributed by atoms with Crippen LogP contribution < -0.4 is 29.6 Å². The smallest absolute Gasteiger partial charge is 0.393 e. The van der Waals surface area contributed by atoms with Gasteiger partial charge >= 0.3 is 40.0 Å². The van der Waals surface area contributed by atoms with Crippen LogP contribution in [0.5, 0.6) is 0 Å². The van der Waals surface area contributed by atoms with Crippen molar-refractivity contribution >= 4 is 10.4 Å². The Kier molecular flexibility index (Phi) is 6.32. The second-order valence-corrected chi connectivity index (χ2v) is 11.0. The molecule has 7 atom stereocenters.